The molecule has 152 valence electrons. The number of nitrogens with zero attached hydrogens (tertiary/aromatic N) is 3. The van der Waals surface area contributed by atoms with E-state index >= 15 is 0 Å². The van der Waals surface area contributed by atoms with E-state index in [-0.39, 0.29) is 18.1 Å². The van der Waals surface area contributed by atoms with Crippen LogP contribution in [0.1, 0.15) is 32.9 Å². The van der Waals surface area contributed by atoms with Crippen LogP contribution in [0.15, 0.2) is 41.6 Å². The number of aromatic nitrogens is 3. The van der Waals surface area contributed by atoms with E-state index in [0.29, 0.717) is 16.7 Å². The molecule has 29 heavy (non-hydrogen) atoms. The van der Waals surface area contributed by atoms with Crippen molar-refractivity contribution >= 4 is 17.5 Å². The van der Waals surface area contributed by atoms with E-state index in [4.69, 9.17) is 15.3 Å². The summed E-state index contributed by atoms with van der Waals surface area (Å²) in [5, 5.41) is 8.60. The zero-order valence-corrected chi connectivity index (χ0v) is 17.7. The Balaban J connectivity index is 1.60. The normalized spacial score (nSPS) is 10.8. The van der Waals surface area contributed by atoms with Crippen LogP contribution >= 0.6 is 11.8 Å². The van der Waals surface area contributed by atoms with Crippen molar-refractivity contribution in [3.8, 4) is 11.5 Å². The van der Waals surface area contributed by atoms with Gasteiger partial charge in [0.2, 0.25) is 5.16 Å². The molecule has 0 aliphatic heterocycles. The molecule has 0 saturated carbocycles. The van der Waals surface area contributed by atoms with E-state index < -0.39 is 0 Å². The average Bonchev–Trinajstić information content (AvgIpc) is 3.07. The first kappa shape index (κ1) is 20.7. The van der Waals surface area contributed by atoms with E-state index in [2.05, 4.69) is 10.2 Å². The largest absolute Gasteiger partial charge is 0.497 e. The molecule has 0 fully saturated rings. The average molecular weight is 413 g/mol. The third-order valence-electron chi connectivity index (χ3n) is 4.64. The Bertz CT molecular complexity index is 1020. The van der Waals surface area contributed by atoms with Crippen LogP contribution in [0.2, 0.25) is 0 Å². The number of hydrogen-bond donors (Lipinski definition) is 1. The van der Waals surface area contributed by atoms with Crippen molar-refractivity contribution in [3.63, 3.8) is 0 Å². The lowest BCUT2D eigenvalue weighted by molar-refractivity contribution is 0.102. The van der Waals surface area contributed by atoms with Gasteiger partial charge < -0.3 is 15.3 Å². The molecule has 7 nitrogen and oxygen atoms in total. The topological polar surface area (TPSA) is 92.3 Å². The van der Waals surface area contributed by atoms with E-state index in [1.54, 1.807) is 19.2 Å². The molecule has 3 rings (SSSR count). The SMILES string of the molecule is COc1ccc(OCc2nnc(SCC(=O)c3cc(C)c(C)cc3C)n2N)cc1. The van der Waals surface area contributed by atoms with Crippen LogP contribution in [0.25, 0.3) is 0 Å². The molecular formula is C21H24N4O3S. The van der Waals surface area contributed by atoms with Crippen molar-refractivity contribution in [3.05, 3.63) is 64.5 Å². The number of thioether (sulfide) groups is 1. The van der Waals surface area contributed by atoms with Gasteiger partial charge in [0.05, 0.1) is 12.9 Å². The van der Waals surface area contributed by atoms with Gasteiger partial charge in [-0.1, -0.05) is 17.8 Å². The minimum absolute atomic E-state index is 0.0367. The van der Waals surface area contributed by atoms with Crippen LogP contribution in [0.4, 0.5) is 0 Å². The lowest BCUT2D eigenvalue weighted by Gasteiger charge is -2.09. The monoisotopic (exact) mass is 412 g/mol. The molecule has 1 aromatic heterocycles. The first-order chi connectivity index (χ1) is 13.9. The fourth-order valence-corrected chi connectivity index (χ4v) is 3.55. The summed E-state index contributed by atoms with van der Waals surface area (Å²) in [6.07, 6.45) is 0. The molecule has 2 N–H and O–H groups in total. The zero-order chi connectivity index (χ0) is 21.0. The molecule has 2 aromatic carbocycles. The maximum Gasteiger partial charge on any atom is 0.210 e. The molecule has 0 amide bonds. The van der Waals surface area contributed by atoms with Gasteiger partial charge in [0.1, 0.15) is 18.1 Å². The highest BCUT2D eigenvalue weighted by Gasteiger charge is 2.15. The molecule has 0 aliphatic carbocycles. The Hall–Kier alpha value is -3.00. The quantitative estimate of drug-likeness (QED) is 0.344. The van der Waals surface area contributed by atoms with Gasteiger partial charge in [-0.15, -0.1) is 10.2 Å². The third kappa shape index (κ3) is 4.89. The van der Waals surface area contributed by atoms with Crippen molar-refractivity contribution in [1.29, 1.82) is 0 Å². The van der Waals surface area contributed by atoms with E-state index in [0.717, 1.165) is 22.4 Å². The summed E-state index contributed by atoms with van der Waals surface area (Å²) in [7, 11) is 1.61. The summed E-state index contributed by atoms with van der Waals surface area (Å²) in [4.78, 5) is 12.6. The molecule has 0 bridgehead atoms. The second-order valence-electron chi connectivity index (χ2n) is 6.70. The van der Waals surface area contributed by atoms with Crippen LogP contribution in [0.3, 0.4) is 0 Å². The van der Waals surface area contributed by atoms with Crippen LogP contribution in [0, 0.1) is 20.8 Å². The molecule has 0 atom stereocenters. The number of Topliss-reactive ketones (excluding diaryl/α,β-unsaturated/α-hetero) is 1. The fraction of sp³-hybridized carbons (Fsp3) is 0.286. The van der Waals surface area contributed by atoms with Crippen molar-refractivity contribution in [2.24, 2.45) is 0 Å². The van der Waals surface area contributed by atoms with Crippen LogP contribution in [0.5, 0.6) is 11.5 Å². The van der Waals surface area contributed by atoms with Gasteiger partial charge in [0, 0.05) is 5.56 Å². The smallest absolute Gasteiger partial charge is 0.210 e. The van der Waals surface area contributed by atoms with Crippen molar-refractivity contribution in [1.82, 2.24) is 14.9 Å². The molecular weight excluding hydrogens is 388 g/mol. The molecule has 0 radical (unpaired) electrons. The molecule has 0 saturated heterocycles. The number of carbonyl (C=O) groups excluding carboxylic acids is 1. The number of hydrogen-bond acceptors (Lipinski definition) is 7. The molecule has 8 heteroatoms. The van der Waals surface area contributed by atoms with Crippen LogP contribution in [-0.2, 0) is 6.61 Å². The number of methoxy groups -OCH3 is 1. The number of nitrogen functional groups attached to an aromatic ring is 1. The first-order valence-corrected chi connectivity index (χ1v) is 10.1. The molecule has 0 spiro atoms. The highest BCUT2D eigenvalue weighted by molar-refractivity contribution is 7.99. The first-order valence-electron chi connectivity index (χ1n) is 9.09. The predicted octanol–water partition coefficient (Wildman–Crippen LogP) is 3.48. The molecule has 1 heterocycles. The van der Waals surface area contributed by atoms with Gasteiger partial charge in [-0.3, -0.25) is 4.79 Å². The van der Waals surface area contributed by atoms with Gasteiger partial charge in [-0.05, 0) is 67.8 Å². The molecule has 0 aliphatic rings. The number of nitrogens with two attached hydrogens (primary N) is 1. The summed E-state index contributed by atoms with van der Waals surface area (Å²) in [6, 6.07) is 11.2. The van der Waals surface area contributed by atoms with Gasteiger partial charge in [-0.2, -0.15) is 0 Å². The highest BCUT2D eigenvalue weighted by Crippen LogP contribution is 2.22. The summed E-state index contributed by atoms with van der Waals surface area (Å²) in [6.45, 7) is 6.16. The highest BCUT2D eigenvalue weighted by atomic mass is 32.2. The summed E-state index contributed by atoms with van der Waals surface area (Å²) < 4.78 is 12.2. The number of ether oxygens (including phenoxy) is 2. The number of rotatable bonds is 8. The van der Waals surface area contributed by atoms with Crippen molar-refractivity contribution in [2.75, 3.05) is 18.7 Å². The van der Waals surface area contributed by atoms with Gasteiger partial charge in [0.25, 0.3) is 0 Å². The summed E-state index contributed by atoms with van der Waals surface area (Å²) in [5.41, 5.74) is 3.98. The lowest BCUT2D eigenvalue weighted by atomic mass is 9.99. The van der Waals surface area contributed by atoms with Crippen molar-refractivity contribution < 1.29 is 14.3 Å². The maximum absolute atomic E-state index is 12.6. The molecule has 0 unspecified atom stereocenters. The fourth-order valence-electron chi connectivity index (χ4n) is 2.79. The lowest BCUT2D eigenvalue weighted by Crippen LogP contribution is -2.16. The van der Waals surface area contributed by atoms with E-state index in [1.165, 1.54) is 22.0 Å². The minimum atomic E-state index is 0.0367. The number of aryl methyl sites for hydroxylation is 3. The standard InChI is InChI=1S/C21H24N4O3S/c1-13-9-15(3)18(10-14(13)2)19(26)12-29-21-24-23-20(25(21)22)11-28-17-7-5-16(27-4)6-8-17/h5-10H,11-12,22H2,1-4H3. The zero-order valence-electron chi connectivity index (χ0n) is 16.9. The number of ketones is 1. The van der Waals surface area contributed by atoms with Gasteiger partial charge in [-0.25, -0.2) is 4.68 Å². The predicted molar refractivity (Wildman–Crippen MR) is 113 cm³/mol. The second kappa shape index (κ2) is 9.00. The van der Waals surface area contributed by atoms with Gasteiger partial charge >= 0.3 is 0 Å². The van der Waals surface area contributed by atoms with Crippen LogP contribution < -0.4 is 15.3 Å². The van der Waals surface area contributed by atoms with E-state index in [9.17, 15) is 4.79 Å². The van der Waals surface area contributed by atoms with E-state index in [1.807, 2.05) is 45.0 Å². The Morgan fingerprint density at radius 1 is 1.03 bits per heavy atom. The van der Waals surface area contributed by atoms with Gasteiger partial charge in [0.15, 0.2) is 11.6 Å². The third-order valence-corrected chi connectivity index (χ3v) is 5.58. The Kier molecular flexibility index (Phi) is 6.43. The minimum Gasteiger partial charge on any atom is -0.497 e. The summed E-state index contributed by atoms with van der Waals surface area (Å²) in [5.74, 6) is 8.23. The Morgan fingerprint density at radius 2 is 1.69 bits per heavy atom. The maximum atomic E-state index is 12.6. The Morgan fingerprint density at radius 3 is 2.38 bits per heavy atom. The number of benzene rings is 2. The molecule has 3 aromatic rings. The Labute approximate surface area is 174 Å². The second-order valence-corrected chi connectivity index (χ2v) is 7.64. The number of carbonyl (C=O) groups is 1. The van der Waals surface area contributed by atoms with Crippen LogP contribution in [-0.4, -0.2) is 33.5 Å². The van der Waals surface area contributed by atoms with Crippen molar-refractivity contribution in [2.45, 2.75) is 32.5 Å². The summed E-state index contributed by atoms with van der Waals surface area (Å²) >= 11 is 1.26.